The van der Waals surface area contributed by atoms with Crippen LogP contribution in [-0.4, -0.2) is 34.5 Å². The molecule has 164 valence electrons. The highest BCUT2D eigenvalue weighted by Gasteiger charge is 2.29. The highest BCUT2D eigenvalue weighted by atomic mass is 32.1. The maximum atomic E-state index is 11.8. The Balaban J connectivity index is 1.78. The number of aryl methyl sites for hydroxylation is 1. The van der Waals surface area contributed by atoms with Crippen molar-refractivity contribution in [2.45, 2.75) is 59.0 Å². The Labute approximate surface area is 190 Å². The Morgan fingerprint density at radius 3 is 2.52 bits per heavy atom. The van der Waals surface area contributed by atoms with Crippen molar-refractivity contribution >= 4 is 49.7 Å². The van der Waals surface area contributed by atoms with Gasteiger partial charge in [-0.3, -0.25) is 0 Å². The van der Waals surface area contributed by atoms with Gasteiger partial charge in [0.05, 0.1) is 18.0 Å². The number of carbonyl (C=O) groups is 1. The maximum Gasteiger partial charge on any atom is 0.333 e. The molecule has 8 nitrogen and oxygen atoms in total. The van der Waals surface area contributed by atoms with E-state index in [1.807, 2.05) is 0 Å². The van der Waals surface area contributed by atoms with Crippen molar-refractivity contribution < 1.29 is 9.53 Å². The summed E-state index contributed by atoms with van der Waals surface area (Å²) in [5.74, 6) is -0.331. The van der Waals surface area contributed by atoms with Gasteiger partial charge >= 0.3 is 5.97 Å². The van der Waals surface area contributed by atoms with Crippen LogP contribution in [0.5, 0.6) is 0 Å². The fraction of sp³-hybridized carbons (Fsp3) is 0.524. The van der Waals surface area contributed by atoms with Crippen molar-refractivity contribution in [3.05, 3.63) is 35.0 Å². The number of rotatable bonds is 5. The predicted octanol–water partition coefficient (Wildman–Crippen LogP) is 6.26. The van der Waals surface area contributed by atoms with Gasteiger partial charge in [-0.1, -0.05) is 38.7 Å². The number of esters is 1. The van der Waals surface area contributed by atoms with Crippen LogP contribution in [0.4, 0.5) is 20.8 Å². The molecular weight excluding hydrogens is 432 g/mol. The summed E-state index contributed by atoms with van der Waals surface area (Å²) in [6.45, 7) is 22.2. The molecular formula is C21H26N6O2S2. The SMILES string of the molecule is [C-]#[N+]c1c(C)nsc1/N=N/c1sc(N2CCC(OC(=O)C(=C)C)CC2)nc1C(C)(C)C. The molecule has 0 spiro atoms. The zero-order valence-electron chi connectivity index (χ0n) is 18.4. The van der Waals surface area contributed by atoms with Gasteiger partial charge in [-0.25, -0.2) is 19.0 Å². The van der Waals surface area contributed by atoms with E-state index in [1.54, 1.807) is 13.8 Å². The zero-order valence-corrected chi connectivity index (χ0v) is 20.1. The van der Waals surface area contributed by atoms with E-state index >= 15 is 0 Å². The number of thiazole rings is 1. The molecule has 0 saturated carbocycles. The molecule has 31 heavy (non-hydrogen) atoms. The van der Waals surface area contributed by atoms with E-state index in [9.17, 15) is 4.79 Å². The third-order valence-corrected chi connectivity index (χ3v) is 6.61. The second-order valence-electron chi connectivity index (χ2n) is 8.51. The minimum atomic E-state index is -0.331. The molecule has 0 N–H and O–H groups in total. The van der Waals surface area contributed by atoms with Crippen LogP contribution in [0.3, 0.4) is 0 Å². The molecule has 2 aromatic heterocycles. The first-order chi connectivity index (χ1) is 14.6. The smallest absolute Gasteiger partial charge is 0.333 e. The molecule has 1 fully saturated rings. The molecule has 0 atom stereocenters. The average molecular weight is 459 g/mol. The van der Waals surface area contributed by atoms with Crippen LogP contribution in [0.2, 0.25) is 0 Å². The van der Waals surface area contributed by atoms with Gasteiger partial charge in [0.2, 0.25) is 5.69 Å². The van der Waals surface area contributed by atoms with E-state index < -0.39 is 0 Å². The summed E-state index contributed by atoms with van der Waals surface area (Å²) in [6, 6.07) is 0. The monoisotopic (exact) mass is 458 g/mol. The van der Waals surface area contributed by atoms with Crippen LogP contribution in [0.15, 0.2) is 22.4 Å². The molecule has 0 aliphatic carbocycles. The molecule has 0 amide bonds. The van der Waals surface area contributed by atoms with Crippen molar-refractivity contribution in [2.75, 3.05) is 18.0 Å². The molecule has 0 radical (unpaired) electrons. The summed E-state index contributed by atoms with van der Waals surface area (Å²) in [5, 5.41) is 10.9. The lowest BCUT2D eigenvalue weighted by Crippen LogP contribution is -2.38. The van der Waals surface area contributed by atoms with E-state index in [4.69, 9.17) is 16.3 Å². The molecule has 1 aliphatic heterocycles. The molecule has 3 heterocycles. The summed E-state index contributed by atoms with van der Waals surface area (Å²) in [5.41, 5.74) is 2.21. The summed E-state index contributed by atoms with van der Waals surface area (Å²) in [6.07, 6.45) is 1.40. The average Bonchev–Trinajstić information content (AvgIpc) is 3.30. The lowest BCUT2D eigenvalue weighted by atomic mass is 9.93. The van der Waals surface area contributed by atoms with Gasteiger partial charge in [0.25, 0.3) is 0 Å². The van der Waals surface area contributed by atoms with Crippen molar-refractivity contribution in [2.24, 2.45) is 10.2 Å². The molecule has 1 saturated heterocycles. The Morgan fingerprint density at radius 1 is 1.29 bits per heavy atom. The number of piperidine rings is 1. The number of hydrogen-bond acceptors (Lipinski definition) is 9. The molecule has 0 unspecified atom stereocenters. The van der Waals surface area contributed by atoms with Gasteiger partial charge in [0.1, 0.15) is 6.10 Å². The number of nitrogens with zero attached hydrogens (tertiary/aromatic N) is 6. The molecule has 1 aliphatic rings. The van der Waals surface area contributed by atoms with Crippen molar-refractivity contribution in [1.82, 2.24) is 9.36 Å². The van der Waals surface area contributed by atoms with Crippen molar-refractivity contribution in [3.63, 3.8) is 0 Å². The lowest BCUT2D eigenvalue weighted by Gasteiger charge is -2.31. The second-order valence-corrected chi connectivity index (χ2v) is 10.2. The molecule has 0 aromatic carbocycles. The predicted molar refractivity (Wildman–Crippen MR) is 124 cm³/mol. The molecule has 2 aromatic rings. The van der Waals surface area contributed by atoms with E-state index in [0.29, 0.717) is 22.0 Å². The number of ether oxygens (including phenoxy) is 1. The number of anilines is 1. The first kappa shape index (κ1) is 23.0. The second kappa shape index (κ2) is 9.24. The van der Waals surface area contributed by atoms with E-state index in [0.717, 1.165) is 41.8 Å². The molecule has 3 rings (SSSR count). The van der Waals surface area contributed by atoms with Gasteiger partial charge in [-0.2, -0.15) is 0 Å². The summed E-state index contributed by atoms with van der Waals surface area (Å²) in [7, 11) is 0. The van der Waals surface area contributed by atoms with Crippen LogP contribution in [0.25, 0.3) is 4.85 Å². The standard InChI is InChI=1S/C21H26N6O2S2/c1-12(2)19(28)29-14-8-10-27(11-9-14)20-23-16(21(4,5)6)18(30-20)25-24-17-15(22-7)13(3)26-31-17/h14H,1,8-11H2,2-6H3/b25-24+. The van der Waals surface area contributed by atoms with Crippen molar-refractivity contribution in [3.8, 4) is 0 Å². The molecule has 10 heteroatoms. The van der Waals surface area contributed by atoms with Crippen LogP contribution >= 0.6 is 22.9 Å². The summed E-state index contributed by atoms with van der Waals surface area (Å²) in [4.78, 5) is 22.4. The fourth-order valence-corrected chi connectivity index (χ4v) is 4.87. The third kappa shape index (κ3) is 5.35. The topological polar surface area (TPSA) is 84.4 Å². The first-order valence-electron chi connectivity index (χ1n) is 9.98. The highest BCUT2D eigenvalue weighted by Crippen LogP contribution is 2.43. The van der Waals surface area contributed by atoms with Crippen LogP contribution in [0, 0.1) is 13.5 Å². The first-order valence-corrected chi connectivity index (χ1v) is 11.6. The minimum Gasteiger partial charge on any atom is -0.459 e. The third-order valence-electron chi connectivity index (χ3n) is 4.80. The number of hydrogen-bond donors (Lipinski definition) is 0. The number of azo groups is 1. The highest BCUT2D eigenvalue weighted by molar-refractivity contribution is 7.19. The lowest BCUT2D eigenvalue weighted by molar-refractivity contribution is -0.145. The van der Waals surface area contributed by atoms with Gasteiger partial charge in [0.15, 0.2) is 15.1 Å². The van der Waals surface area contributed by atoms with Crippen LogP contribution < -0.4 is 4.90 Å². The Morgan fingerprint density at radius 2 is 1.94 bits per heavy atom. The largest absolute Gasteiger partial charge is 0.459 e. The number of aromatic nitrogens is 2. The maximum absolute atomic E-state index is 11.8. The van der Waals surface area contributed by atoms with Gasteiger partial charge < -0.3 is 9.64 Å². The summed E-state index contributed by atoms with van der Waals surface area (Å²) >= 11 is 2.67. The van der Waals surface area contributed by atoms with E-state index in [2.05, 4.69) is 51.7 Å². The van der Waals surface area contributed by atoms with E-state index in [-0.39, 0.29) is 17.5 Å². The van der Waals surface area contributed by atoms with Crippen LogP contribution in [-0.2, 0) is 14.9 Å². The minimum absolute atomic E-state index is 0.0942. The zero-order chi connectivity index (χ0) is 22.8. The van der Waals surface area contributed by atoms with Crippen LogP contribution in [0.1, 0.15) is 51.9 Å². The normalized spacial score (nSPS) is 15.3. The van der Waals surface area contributed by atoms with Gasteiger partial charge in [-0.15, -0.1) is 10.2 Å². The van der Waals surface area contributed by atoms with Gasteiger partial charge in [0, 0.05) is 36.9 Å². The van der Waals surface area contributed by atoms with E-state index in [1.165, 1.54) is 22.9 Å². The number of carbonyl (C=O) groups excluding carboxylic acids is 1. The van der Waals surface area contributed by atoms with Gasteiger partial charge in [-0.05, 0) is 25.4 Å². The molecule has 0 bridgehead atoms. The summed E-state index contributed by atoms with van der Waals surface area (Å²) < 4.78 is 9.69. The Kier molecular flexibility index (Phi) is 6.86. The Hall–Kier alpha value is -2.64. The quantitative estimate of drug-likeness (QED) is 0.228. The Bertz CT molecular complexity index is 1050. The van der Waals surface area contributed by atoms with Crippen molar-refractivity contribution in [1.29, 1.82) is 0 Å². The fourth-order valence-electron chi connectivity index (χ4n) is 3.05.